The summed E-state index contributed by atoms with van der Waals surface area (Å²) in [5, 5.41) is 3.48. The first-order valence-corrected chi connectivity index (χ1v) is 9.73. The maximum Gasteiger partial charge on any atom is 0.276 e. The van der Waals surface area contributed by atoms with Crippen LogP contribution in [-0.2, 0) is 4.74 Å². The van der Waals surface area contributed by atoms with E-state index in [1.165, 1.54) is 12.3 Å². The second-order valence-corrected chi connectivity index (χ2v) is 7.91. The molecule has 0 radical (unpaired) electrons. The second kappa shape index (κ2) is 7.87. The average molecular weight is 410 g/mol. The molecule has 8 heteroatoms. The van der Waals surface area contributed by atoms with E-state index in [2.05, 4.69) is 15.3 Å². The first-order valence-electron chi connectivity index (χ1n) is 9.73. The Bertz CT molecular complexity index is 1100. The molecule has 1 amide bonds. The summed E-state index contributed by atoms with van der Waals surface area (Å²) in [6.45, 7) is 4.59. The predicted molar refractivity (Wildman–Crippen MR) is 112 cm³/mol. The molecule has 3 heterocycles. The van der Waals surface area contributed by atoms with Gasteiger partial charge in [0.1, 0.15) is 11.9 Å². The lowest BCUT2D eigenvalue weighted by molar-refractivity contribution is -0.0901. The number of hydrogen-bond donors (Lipinski definition) is 2. The van der Waals surface area contributed by atoms with Crippen molar-refractivity contribution < 1.29 is 18.7 Å². The molecule has 4 rings (SSSR count). The topological polar surface area (TPSA) is 99.4 Å². The normalized spacial score (nSPS) is 18.2. The fraction of sp³-hybridized carbons (Fsp3) is 0.318. The zero-order valence-corrected chi connectivity index (χ0v) is 16.8. The number of nitrogens with one attached hydrogen (secondary N) is 1. The van der Waals surface area contributed by atoms with Crippen molar-refractivity contribution in [2.24, 2.45) is 0 Å². The highest BCUT2D eigenvalue weighted by molar-refractivity contribution is 6.07. The van der Waals surface area contributed by atoms with E-state index < -0.39 is 11.7 Å². The van der Waals surface area contributed by atoms with Crippen LogP contribution in [0, 0.1) is 5.82 Å². The van der Waals surface area contributed by atoms with Crippen molar-refractivity contribution in [1.29, 1.82) is 0 Å². The zero-order chi connectivity index (χ0) is 21.3. The van der Waals surface area contributed by atoms with Crippen LogP contribution >= 0.6 is 0 Å². The highest BCUT2D eigenvalue weighted by Crippen LogP contribution is 2.33. The third-order valence-electron chi connectivity index (χ3n) is 5.02. The SMILES string of the molecule is CC1(C)CC(Oc2nccc3cc(NC(=O)c4ncccc4N)cc(F)c23)CCO1. The summed E-state index contributed by atoms with van der Waals surface area (Å²) >= 11 is 0. The van der Waals surface area contributed by atoms with Gasteiger partial charge in [0, 0.05) is 30.9 Å². The van der Waals surface area contributed by atoms with E-state index in [-0.39, 0.29) is 34.4 Å². The number of fused-ring (bicyclic) bond motifs is 1. The quantitative estimate of drug-likeness (QED) is 0.676. The van der Waals surface area contributed by atoms with E-state index in [1.807, 2.05) is 13.8 Å². The van der Waals surface area contributed by atoms with Gasteiger partial charge in [-0.25, -0.2) is 14.4 Å². The van der Waals surface area contributed by atoms with E-state index in [1.54, 1.807) is 30.5 Å². The molecule has 0 saturated carbocycles. The summed E-state index contributed by atoms with van der Waals surface area (Å²) in [6, 6.07) is 7.79. The Balaban J connectivity index is 1.60. The minimum atomic E-state index is -0.536. The number of amides is 1. The molecule has 0 aliphatic carbocycles. The van der Waals surface area contributed by atoms with E-state index in [0.717, 1.165) is 0 Å². The number of carbonyl (C=O) groups is 1. The number of anilines is 2. The van der Waals surface area contributed by atoms with E-state index >= 15 is 4.39 Å². The maximum atomic E-state index is 15.0. The van der Waals surface area contributed by atoms with Crippen LogP contribution in [0.4, 0.5) is 15.8 Å². The van der Waals surface area contributed by atoms with Gasteiger partial charge in [0.05, 0.1) is 23.3 Å². The van der Waals surface area contributed by atoms with E-state index in [9.17, 15) is 4.79 Å². The fourth-order valence-corrected chi connectivity index (χ4v) is 3.63. The minimum absolute atomic E-state index is 0.0823. The summed E-state index contributed by atoms with van der Waals surface area (Å²) in [4.78, 5) is 20.7. The molecule has 156 valence electrons. The van der Waals surface area contributed by atoms with Gasteiger partial charge in [-0.05, 0) is 49.6 Å². The van der Waals surface area contributed by atoms with Crippen molar-refractivity contribution in [3.63, 3.8) is 0 Å². The van der Waals surface area contributed by atoms with Crippen LogP contribution in [0.2, 0.25) is 0 Å². The molecule has 2 aromatic heterocycles. The number of nitrogen functional groups attached to an aromatic ring is 1. The molecule has 0 spiro atoms. The molecule has 3 N–H and O–H groups in total. The van der Waals surface area contributed by atoms with Crippen molar-refractivity contribution in [3.8, 4) is 5.88 Å². The number of halogens is 1. The third kappa shape index (κ3) is 4.18. The number of pyridine rings is 2. The highest BCUT2D eigenvalue weighted by Gasteiger charge is 2.30. The predicted octanol–water partition coefficient (Wildman–Crippen LogP) is 3.94. The Kier molecular flexibility index (Phi) is 5.26. The van der Waals surface area contributed by atoms with E-state index in [4.69, 9.17) is 15.2 Å². The van der Waals surface area contributed by atoms with Gasteiger partial charge < -0.3 is 20.5 Å². The maximum absolute atomic E-state index is 15.0. The number of nitrogens with zero attached hydrogens (tertiary/aromatic N) is 2. The summed E-state index contributed by atoms with van der Waals surface area (Å²) in [6.07, 6.45) is 4.32. The van der Waals surface area contributed by atoms with Crippen LogP contribution in [-0.4, -0.2) is 34.2 Å². The largest absolute Gasteiger partial charge is 0.474 e. The van der Waals surface area contributed by atoms with Crippen molar-refractivity contribution in [1.82, 2.24) is 9.97 Å². The summed E-state index contributed by atoms with van der Waals surface area (Å²) in [5.74, 6) is -0.812. The number of rotatable bonds is 4. The van der Waals surface area contributed by atoms with Gasteiger partial charge in [-0.1, -0.05) is 0 Å². The molecule has 1 aromatic carbocycles. The van der Waals surface area contributed by atoms with Crippen LogP contribution in [0.25, 0.3) is 10.8 Å². The molecule has 30 heavy (non-hydrogen) atoms. The molecule has 0 bridgehead atoms. The first kappa shape index (κ1) is 20.0. The lowest BCUT2D eigenvalue weighted by Gasteiger charge is -2.35. The van der Waals surface area contributed by atoms with Gasteiger partial charge in [0.15, 0.2) is 5.69 Å². The van der Waals surface area contributed by atoms with Crippen LogP contribution in [0.3, 0.4) is 0 Å². The molecule has 1 aliphatic heterocycles. The van der Waals surface area contributed by atoms with Gasteiger partial charge in [-0.3, -0.25) is 4.79 Å². The Morgan fingerprint density at radius 3 is 2.90 bits per heavy atom. The Morgan fingerprint density at radius 2 is 2.13 bits per heavy atom. The molecule has 1 saturated heterocycles. The molecule has 1 atom stereocenters. The number of ether oxygens (including phenoxy) is 2. The zero-order valence-electron chi connectivity index (χ0n) is 16.8. The Hall–Kier alpha value is -3.26. The standard InChI is InChI=1S/C22H23FN4O3/c1-22(2)12-15(6-9-29-22)30-21-18-13(5-8-26-21)10-14(11-16(18)23)27-20(28)19-17(24)4-3-7-25-19/h3-5,7-8,10-11,15H,6,9,12,24H2,1-2H3,(H,27,28). The fourth-order valence-electron chi connectivity index (χ4n) is 3.63. The molecule has 3 aromatic rings. The summed E-state index contributed by atoms with van der Waals surface area (Å²) in [5.41, 5.74) is 6.12. The second-order valence-electron chi connectivity index (χ2n) is 7.91. The van der Waals surface area contributed by atoms with Crippen LogP contribution in [0.15, 0.2) is 42.7 Å². The number of hydrogen-bond acceptors (Lipinski definition) is 6. The Labute approximate surface area is 173 Å². The molecular formula is C22H23FN4O3. The molecule has 1 fully saturated rings. The summed E-state index contributed by atoms with van der Waals surface area (Å²) < 4.78 is 26.8. The van der Waals surface area contributed by atoms with Gasteiger partial charge in [0.25, 0.3) is 5.91 Å². The number of carbonyl (C=O) groups excluding carboxylic acids is 1. The first-order chi connectivity index (χ1) is 14.3. The van der Waals surface area contributed by atoms with E-state index in [0.29, 0.717) is 30.5 Å². The van der Waals surface area contributed by atoms with Gasteiger partial charge >= 0.3 is 0 Å². The third-order valence-corrected chi connectivity index (χ3v) is 5.02. The molecule has 1 unspecified atom stereocenters. The highest BCUT2D eigenvalue weighted by atomic mass is 19.1. The Morgan fingerprint density at radius 1 is 1.30 bits per heavy atom. The molecular weight excluding hydrogens is 387 g/mol. The van der Waals surface area contributed by atoms with Gasteiger partial charge in [-0.15, -0.1) is 0 Å². The van der Waals surface area contributed by atoms with Crippen LogP contribution < -0.4 is 15.8 Å². The minimum Gasteiger partial charge on any atom is -0.474 e. The van der Waals surface area contributed by atoms with Crippen LogP contribution in [0.1, 0.15) is 37.2 Å². The lowest BCUT2D eigenvalue weighted by atomic mass is 9.96. The lowest BCUT2D eigenvalue weighted by Crippen LogP contribution is -2.39. The van der Waals surface area contributed by atoms with Crippen molar-refractivity contribution >= 4 is 28.1 Å². The number of nitrogens with two attached hydrogens (primary N) is 1. The molecule has 7 nitrogen and oxygen atoms in total. The summed E-state index contributed by atoms with van der Waals surface area (Å²) in [7, 11) is 0. The van der Waals surface area contributed by atoms with Crippen molar-refractivity contribution in [2.45, 2.75) is 38.4 Å². The van der Waals surface area contributed by atoms with Crippen molar-refractivity contribution in [3.05, 3.63) is 54.2 Å². The monoisotopic (exact) mass is 410 g/mol. The average Bonchev–Trinajstić information content (AvgIpc) is 2.67. The van der Waals surface area contributed by atoms with Crippen LogP contribution in [0.5, 0.6) is 5.88 Å². The number of benzene rings is 1. The molecule has 1 aliphatic rings. The van der Waals surface area contributed by atoms with Gasteiger partial charge in [-0.2, -0.15) is 0 Å². The smallest absolute Gasteiger partial charge is 0.276 e. The number of aromatic nitrogens is 2. The van der Waals surface area contributed by atoms with Gasteiger partial charge in [0.2, 0.25) is 5.88 Å². The van der Waals surface area contributed by atoms with Crippen molar-refractivity contribution in [2.75, 3.05) is 17.7 Å².